The van der Waals surface area contributed by atoms with Gasteiger partial charge in [-0.1, -0.05) is 18.2 Å². The summed E-state index contributed by atoms with van der Waals surface area (Å²) in [7, 11) is 1.63. The number of benzene rings is 1. The number of aliphatic hydroxyl groups is 1. The van der Waals surface area contributed by atoms with E-state index < -0.39 is 18.0 Å². The van der Waals surface area contributed by atoms with E-state index in [1.54, 1.807) is 35.8 Å². The molecule has 10 nitrogen and oxygen atoms in total. The highest BCUT2D eigenvalue weighted by molar-refractivity contribution is 5.89. The van der Waals surface area contributed by atoms with Crippen molar-refractivity contribution in [3.05, 3.63) is 42.0 Å². The van der Waals surface area contributed by atoms with Gasteiger partial charge in [0.05, 0.1) is 31.6 Å². The van der Waals surface area contributed by atoms with Crippen molar-refractivity contribution in [2.24, 2.45) is 5.92 Å². The molecule has 1 aliphatic heterocycles. The lowest BCUT2D eigenvalue weighted by Gasteiger charge is -2.35. The number of nitrogens with zero attached hydrogens (tertiary/aromatic N) is 5. The second-order valence-electron chi connectivity index (χ2n) is 8.80. The van der Waals surface area contributed by atoms with Crippen LogP contribution in [0.15, 0.2) is 30.5 Å². The van der Waals surface area contributed by atoms with Crippen molar-refractivity contribution < 1.29 is 23.8 Å². The van der Waals surface area contributed by atoms with Gasteiger partial charge >= 0.3 is 6.03 Å². The van der Waals surface area contributed by atoms with E-state index in [0.29, 0.717) is 37.3 Å². The fourth-order valence-electron chi connectivity index (χ4n) is 3.83. The van der Waals surface area contributed by atoms with Crippen molar-refractivity contribution >= 4 is 17.6 Å². The van der Waals surface area contributed by atoms with Crippen LogP contribution in [0, 0.1) is 11.7 Å². The minimum absolute atomic E-state index is 0.0519. The molecule has 0 aliphatic carbocycles. The molecule has 3 amide bonds. The maximum atomic E-state index is 13.5. The van der Waals surface area contributed by atoms with Gasteiger partial charge < -0.3 is 25.0 Å². The summed E-state index contributed by atoms with van der Waals surface area (Å²) < 4.78 is 21.3. The summed E-state index contributed by atoms with van der Waals surface area (Å²) in [5.74, 6) is -0.648. The average Bonchev–Trinajstić information content (AvgIpc) is 3.26. The van der Waals surface area contributed by atoms with Crippen LogP contribution in [0.2, 0.25) is 0 Å². The lowest BCUT2D eigenvalue weighted by atomic mass is 10.0. The minimum atomic E-state index is -0.441. The van der Waals surface area contributed by atoms with E-state index >= 15 is 0 Å². The molecule has 34 heavy (non-hydrogen) atoms. The van der Waals surface area contributed by atoms with E-state index in [1.807, 2.05) is 6.92 Å². The number of likely N-dealkylation sites (N-methyl/N-ethyl adjacent to an activating group) is 1. The molecule has 11 heteroatoms. The first-order valence-corrected chi connectivity index (χ1v) is 11.5. The smallest absolute Gasteiger partial charge is 0.321 e. The van der Waals surface area contributed by atoms with Gasteiger partial charge in [0, 0.05) is 44.7 Å². The van der Waals surface area contributed by atoms with Gasteiger partial charge in [0.15, 0.2) is 0 Å². The van der Waals surface area contributed by atoms with Gasteiger partial charge in [-0.05, 0) is 31.5 Å². The highest BCUT2D eigenvalue weighted by Crippen LogP contribution is 2.18. The Hall–Kier alpha value is -3.05. The zero-order chi connectivity index (χ0) is 24.7. The molecular formula is C23H33FN6O4. The molecule has 0 spiro atoms. The first-order chi connectivity index (χ1) is 16.3. The number of fused-ring (bicyclic) bond motifs is 2. The van der Waals surface area contributed by atoms with Crippen molar-refractivity contribution in [2.75, 3.05) is 32.1 Å². The Balaban J connectivity index is 1.75. The van der Waals surface area contributed by atoms with Crippen molar-refractivity contribution in [1.82, 2.24) is 24.8 Å². The molecule has 2 heterocycles. The molecular weight excluding hydrogens is 443 g/mol. The normalized spacial score (nSPS) is 20.6. The van der Waals surface area contributed by atoms with Crippen LogP contribution in [0.1, 0.15) is 32.4 Å². The molecule has 2 aromatic rings. The summed E-state index contributed by atoms with van der Waals surface area (Å²) in [6, 6.07) is 4.92. The molecule has 2 bridgehead atoms. The second kappa shape index (κ2) is 11.9. The fraction of sp³-hybridized carbons (Fsp3) is 0.565. The quantitative estimate of drug-likeness (QED) is 0.684. The average molecular weight is 477 g/mol. The molecule has 3 rings (SSSR count). The number of rotatable bonds is 5. The Bertz CT molecular complexity index is 970. The molecule has 3 atom stereocenters. The van der Waals surface area contributed by atoms with E-state index in [9.17, 15) is 19.1 Å². The summed E-state index contributed by atoms with van der Waals surface area (Å²) in [5, 5.41) is 20.6. The molecule has 1 aliphatic rings. The Morgan fingerprint density at radius 3 is 2.97 bits per heavy atom. The number of urea groups is 1. The summed E-state index contributed by atoms with van der Waals surface area (Å²) >= 11 is 0. The number of ether oxygens (including phenoxy) is 1. The van der Waals surface area contributed by atoms with Crippen LogP contribution in [0.5, 0.6) is 0 Å². The summed E-state index contributed by atoms with van der Waals surface area (Å²) in [4.78, 5) is 28.8. The minimum Gasteiger partial charge on any atom is -0.394 e. The Morgan fingerprint density at radius 2 is 2.24 bits per heavy atom. The lowest BCUT2D eigenvalue weighted by Crippen LogP contribution is -2.48. The van der Waals surface area contributed by atoms with E-state index in [4.69, 9.17) is 4.74 Å². The first kappa shape index (κ1) is 25.6. The second-order valence-corrected chi connectivity index (χ2v) is 8.80. The van der Waals surface area contributed by atoms with Gasteiger partial charge in [-0.15, -0.1) is 5.10 Å². The zero-order valence-electron chi connectivity index (χ0n) is 19.9. The van der Waals surface area contributed by atoms with Crippen LogP contribution < -0.4 is 5.32 Å². The molecule has 2 N–H and O–H groups in total. The molecule has 0 radical (unpaired) electrons. The van der Waals surface area contributed by atoms with Crippen molar-refractivity contribution in [2.45, 2.75) is 52.0 Å². The van der Waals surface area contributed by atoms with Gasteiger partial charge in [-0.3, -0.25) is 9.48 Å². The van der Waals surface area contributed by atoms with E-state index in [2.05, 4.69) is 15.6 Å². The first-order valence-electron chi connectivity index (χ1n) is 11.5. The molecule has 0 saturated heterocycles. The third kappa shape index (κ3) is 6.97. The highest BCUT2D eigenvalue weighted by Gasteiger charge is 2.28. The molecule has 0 unspecified atom stereocenters. The zero-order valence-corrected chi connectivity index (χ0v) is 19.9. The molecule has 1 aromatic heterocycles. The van der Waals surface area contributed by atoms with Gasteiger partial charge in [-0.2, -0.15) is 0 Å². The number of anilines is 1. The number of hydrogen-bond acceptors (Lipinski definition) is 6. The summed E-state index contributed by atoms with van der Waals surface area (Å²) in [6.45, 7) is 4.97. The predicted octanol–water partition coefficient (Wildman–Crippen LogP) is 2.11. The topological polar surface area (TPSA) is 113 Å². The van der Waals surface area contributed by atoms with E-state index in [-0.39, 0.29) is 37.6 Å². The standard InChI is InChI=1S/C23H33FN6O4/c1-16-11-30(17(2)14-31)22(32)8-5-9-29-12-20(26-27-29)15-34-21(16)13-28(3)23(33)25-19-7-4-6-18(24)10-19/h4,6-7,10,12,16-17,21,31H,5,8-9,11,13-15H2,1-3H3,(H,25,33)/t16-,17-,21+/m0/s1. The highest BCUT2D eigenvalue weighted by atomic mass is 19.1. The van der Waals surface area contributed by atoms with Crippen LogP contribution >= 0.6 is 0 Å². The number of amides is 3. The lowest BCUT2D eigenvalue weighted by molar-refractivity contribution is -0.136. The Labute approximate surface area is 198 Å². The van der Waals surface area contributed by atoms with Crippen LogP contribution in [0.25, 0.3) is 0 Å². The Morgan fingerprint density at radius 1 is 1.44 bits per heavy atom. The van der Waals surface area contributed by atoms with E-state index in [1.165, 1.54) is 23.1 Å². The van der Waals surface area contributed by atoms with Crippen LogP contribution in [0.4, 0.5) is 14.9 Å². The fourth-order valence-corrected chi connectivity index (χ4v) is 3.83. The van der Waals surface area contributed by atoms with Crippen molar-refractivity contribution in [1.29, 1.82) is 0 Å². The molecule has 1 aromatic carbocycles. The van der Waals surface area contributed by atoms with E-state index in [0.717, 1.165) is 0 Å². The number of hydrogen-bond donors (Lipinski definition) is 2. The van der Waals surface area contributed by atoms with Crippen LogP contribution in [0.3, 0.4) is 0 Å². The largest absolute Gasteiger partial charge is 0.394 e. The van der Waals surface area contributed by atoms with Gasteiger partial charge in [0.2, 0.25) is 5.91 Å². The third-order valence-corrected chi connectivity index (χ3v) is 5.92. The Kier molecular flexibility index (Phi) is 8.94. The maximum Gasteiger partial charge on any atom is 0.321 e. The monoisotopic (exact) mass is 476 g/mol. The van der Waals surface area contributed by atoms with Crippen molar-refractivity contribution in [3.63, 3.8) is 0 Å². The van der Waals surface area contributed by atoms with Gasteiger partial charge in [0.1, 0.15) is 11.5 Å². The van der Waals surface area contributed by atoms with Gasteiger partial charge in [0.25, 0.3) is 0 Å². The molecule has 0 saturated carbocycles. The number of nitrogens with one attached hydrogen (secondary N) is 1. The maximum absolute atomic E-state index is 13.5. The number of aromatic nitrogens is 3. The predicted molar refractivity (Wildman–Crippen MR) is 123 cm³/mol. The third-order valence-electron chi connectivity index (χ3n) is 5.92. The SMILES string of the molecule is C[C@H]1CN([C@@H](C)CO)C(=O)CCCn2cc(nn2)CO[C@@H]1CN(C)C(=O)Nc1cccc(F)c1. The molecule has 0 fully saturated rings. The number of carbonyl (C=O) groups is 2. The summed E-state index contributed by atoms with van der Waals surface area (Å²) in [6.07, 6.45) is 2.29. The van der Waals surface area contributed by atoms with Crippen LogP contribution in [-0.2, 0) is 22.7 Å². The van der Waals surface area contributed by atoms with Crippen LogP contribution in [-0.4, -0.2) is 80.7 Å². The number of carbonyl (C=O) groups excluding carboxylic acids is 2. The van der Waals surface area contributed by atoms with Gasteiger partial charge in [-0.25, -0.2) is 9.18 Å². The molecule has 186 valence electrons. The number of aryl methyl sites for hydroxylation is 1. The number of halogens is 1. The van der Waals surface area contributed by atoms with Crippen molar-refractivity contribution in [3.8, 4) is 0 Å². The summed E-state index contributed by atoms with van der Waals surface area (Å²) in [5.41, 5.74) is 1.01. The number of aliphatic hydroxyl groups excluding tert-OH is 1.